The van der Waals surface area contributed by atoms with Gasteiger partial charge in [-0.2, -0.15) is 0 Å². The van der Waals surface area contributed by atoms with E-state index in [9.17, 15) is 19.5 Å². The van der Waals surface area contributed by atoms with Crippen molar-refractivity contribution in [1.29, 1.82) is 0 Å². The Bertz CT molecular complexity index is 1220. The van der Waals surface area contributed by atoms with Crippen LogP contribution in [0.1, 0.15) is 83.6 Å². The van der Waals surface area contributed by atoms with Crippen molar-refractivity contribution in [3.63, 3.8) is 0 Å². The molecule has 43 heavy (non-hydrogen) atoms. The normalized spacial score (nSPS) is 40.9. The van der Waals surface area contributed by atoms with E-state index in [1.165, 1.54) is 19.3 Å². The second-order valence-corrected chi connectivity index (χ2v) is 14.2. The van der Waals surface area contributed by atoms with E-state index in [1.54, 1.807) is 6.07 Å². The lowest BCUT2D eigenvalue weighted by Gasteiger charge is -2.63. The van der Waals surface area contributed by atoms with Gasteiger partial charge in [0.05, 0.1) is 25.1 Å². The Hall–Kier alpha value is -2.43. The largest absolute Gasteiger partial charge is 0.508 e. The molecule has 0 aromatic carbocycles. The molecular formula is C33H47NO9. The van der Waals surface area contributed by atoms with Gasteiger partial charge < -0.3 is 28.5 Å². The lowest BCUT2D eigenvalue weighted by atomic mass is 9.43. The lowest BCUT2D eigenvalue weighted by molar-refractivity contribution is -0.206. The van der Waals surface area contributed by atoms with E-state index in [4.69, 9.17) is 23.4 Å². The van der Waals surface area contributed by atoms with Crippen LogP contribution in [0.4, 0.5) is 4.79 Å². The van der Waals surface area contributed by atoms with Crippen LogP contribution in [0.3, 0.4) is 0 Å². The summed E-state index contributed by atoms with van der Waals surface area (Å²) in [6, 6.07) is 3.16. The Morgan fingerprint density at radius 2 is 1.84 bits per heavy atom. The van der Waals surface area contributed by atoms with Gasteiger partial charge in [-0.1, -0.05) is 13.8 Å². The molecule has 0 spiro atoms. The minimum absolute atomic E-state index is 0.0225. The highest BCUT2D eigenvalue weighted by Crippen LogP contribution is 2.71. The molecule has 1 aromatic heterocycles. The van der Waals surface area contributed by atoms with Crippen LogP contribution in [0.25, 0.3) is 0 Å². The molecule has 4 saturated carbocycles. The van der Waals surface area contributed by atoms with Gasteiger partial charge in [0, 0.05) is 50.4 Å². The van der Waals surface area contributed by atoms with E-state index in [-0.39, 0.29) is 29.3 Å². The number of nitrogens with zero attached hydrogens (tertiary/aromatic N) is 1. The van der Waals surface area contributed by atoms with E-state index in [2.05, 4.69) is 18.7 Å². The number of fused-ring (bicyclic) bond motifs is 5. The summed E-state index contributed by atoms with van der Waals surface area (Å²) < 4.78 is 27.7. The topological polar surface area (TPSA) is 125 Å². The molecule has 9 atom stereocenters. The first-order valence-corrected chi connectivity index (χ1v) is 16.2. The number of hydrogen-bond donors (Lipinski definition) is 1. The Balaban J connectivity index is 1.13. The SMILES string of the molecule is CC(=O)O[C@H]1C[C@]2(O)[C@@H]3CC[C@@H]4C[C@@H](OC(=O)OCCN5CCOCC5)CC[C@]4(C)[C@H]3CC[C@]2(C)[C@H]1c1ccc(=O)oc1. The van der Waals surface area contributed by atoms with Crippen LogP contribution in [0, 0.1) is 28.6 Å². The van der Waals surface area contributed by atoms with Crippen molar-refractivity contribution in [1.82, 2.24) is 4.90 Å². The number of esters is 1. The number of hydrogen-bond acceptors (Lipinski definition) is 10. The van der Waals surface area contributed by atoms with E-state index >= 15 is 0 Å². The average Bonchev–Trinajstić information content (AvgIpc) is 3.20. The third-order valence-electron chi connectivity index (χ3n) is 12.2. The molecule has 5 fully saturated rings. The van der Waals surface area contributed by atoms with Crippen LogP contribution in [0.15, 0.2) is 27.6 Å². The van der Waals surface area contributed by atoms with Gasteiger partial charge >= 0.3 is 17.8 Å². The molecule has 0 radical (unpaired) electrons. The van der Waals surface area contributed by atoms with Crippen molar-refractivity contribution in [3.05, 3.63) is 34.4 Å². The maximum Gasteiger partial charge on any atom is 0.508 e. The fourth-order valence-electron chi connectivity index (χ4n) is 10.0. The summed E-state index contributed by atoms with van der Waals surface area (Å²) in [5, 5.41) is 12.7. The van der Waals surface area contributed by atoms with Crippen LogP contribution < -0.4 is 5.63 Å². The third-order valence-corrected chi connectivity index (χ3v) is 12.2. The second-order valence-electron chi connectivity index (χ2n) is 14.2. The number of rotatable bonds is 6. The van der Waals surface area contributed by atoms with Crippen molar-refractivity contribution in [2.45, 2.75) is 95.9 Å². The molecule has 1 aromatic rings. The zero-order valence-electron chi connectivity index (χ0n) is 25.8. The highest BCUT2D eigenvalue weighted by atomic mass is 16.7. The van der Waals surface area contributed by atoms with Gasteiger partial charge in [-0.3, -0.25) is 9.69 Å². The van der Waals surface area contributed by atoms with Crippen LogP contribution in [0.2, 0.25) is 0 Å². The highest BCUT2D eigenvalue weighted by Gasteiger charge is 2.70. The number of ether oxygens (including phenoxy) is 4. The Morgan fingerprint density at radius 3 is 2.56 bits per heavy atom. The fraction of sp³-hybridized carbons (Fsp3) is 0.788. The van der Waals surface area contributed by atoms with Crippen molar-refractivity contribution in [2.24, 2.45) is 28.6 Å². The van der Waals surface area contributed by atoms with Crippen molar-refractivity contribution in [2.75, 3.05) is 39.5 Å². The van der Waals surface area contributed by atoms with Gasteiger partial charge in [0.1, 0.15) is 18.8 Å². The standard InChI is InChI=1S/C33H47NO9/c1-21(35)42-27-19-33(38)26-6-5-23-18-24(43-30(37)40-17-14-34-12-15-39-16-13-34)8-10-31(23,2)25(26)9-11-32(33,3)29(27)22-4-7-28(36)41-20-22/h4,7,20,23-27,29,38H,5-6,8-19H2,1-3H3/t23-,24+,25+,26-,27+,29+,31+,32-,33+/m1/s1. The number of carbonyl (C=O) groups is 2. The third kappa shape index (κ3) is 5.52. The summed E-state index contributed by atoms with van der Waals surface area (Å²) in [6.07, 6.45) is 6.71. The first-order valence-electron chi connectivity index (χ1n) is 16.2. The van der Waals surface area contributed by atoms with E-state index in [0.29, 0.717) is 44.6 Å². The smallest absolute Gasteiger partial charge is 0.462 e. The summed E-state index contributed by atoms with van der Waals surface area (Å²) >= 11 is 0. The first-order chi connectivity index (χ1) is 20.5. The molecule has 0 unspecified atom stereocenters. The molecule has 1 N–H and O–H groups in total. The van der Waals surface area contributed by atoms with E-state index in [1.807, 2.05) is 0 Å². The zero-order valence-corrected chi connectivity index (χ0v) is 25.8. The van der Waals surface area contributed by atoms with Crippen molar-refractivity contribution in [3.8, 4) is 0 Å². The molecule has 5 aliphatic rings. The maximum atomic E-state index is 12.7. The van der Waals surface area contributed by atoms with Gasteiger partial charge in [-0.15, -0.1) is 0 Å². The minimum Gasteiger partial charge on any atom is -0.462 e. The van der Waals surface area contributed by atoms with E-state index in [0.717, 1.165) is 63.6 Å². The van der Waals surface area contributed by atoms with Crippen molar-refractivity contribution >= 4 is 12.1 Å². The molecule has 1 aliphatic heterocycles. The summed E-state index contributed by atoms with van der Waals surface area (Å²) in [6.45, 7) is 10.1. The fourth-order valence-corrected chi connectivity index (χ4v) is 10.0. The predicted molar refractivity (Wildman–Crippen MR) is 155 cm³/mol. The van der Waals surface area contributed by atoms with Gasteiger partial charge in [-0.25, -0.2) is 9.59 Å². The monoisotopic (exact) mass is 601 g/mol. The number of aliphatic hydroxyl groups is 1. The minimum atomic E-state index is -1.03. The molecule has 10 heteroatoms. The highest BCUT2D eigenvalue weighted by molar-refractivity contribution is 5.66. The van der Waals surface area contributed by atoms with Crippen LogP contribution >= 0.6 is 0 Å². The summed E-state index contributed by atoms with van der Waals surface area (Å²) in [7, 11) is 0. The summed E-state index contributed by atoms with van der Waals surface area (Å²) in [5.41, 5.74) is -1.18. The number of carbonyl (C=O) groups excluding carboxylic acids is 2. The van der Waals surface area contributed by atoms with E-state index < -0.39 is 28.9 Å². The van der Waals surface area contributed by atoms with Gasteiger partial charge in [0.15, 0.2) is 0 Å². The summed E-state index contributed by atoms with van der Waals surface area (Å²) in [4.78, 5) is 38.6. The van der Waals surface area contributed by atoms with Gasteiger partial charge in [-0.05, 0) is 79.7 Å². The lowest BCUT2D eigenvalue weighted by Crippen LogP contribution is -2.62. The van der Waals surface area contributed by atoms with Gasteiger partial charge in [0.2, 0.25) is 0 Å². The quantitative estimate of drug-likeness (QED) is 0.473. The molecule has 2 heterocycles. The Morgan fingerprint density at radius 1 is 1.05 bits per heavy atom. The van der Waals surface area contributed by atoms with Crippen LogP contribution in [-0.4, -0.2) is 79.4 Å². The molecule has 4 aliphatic carbocycles. The molecular weight excluding hydrogens is 554 g/mol. The van der Waals surface area contributed by atoms with Gasteiger partial charge in [0.25, 0.3) is 0 Å². The number of morpholine rings is 1. The predicted octanol–water partition coefficient (Wildman–Crippen LogP) is 4.28. The maximum absolute atomic E-state index is 12.7. The average molecular weight is 602 g/mol. The van der Waals surface area contributed by atoms with Crippen LogP contribution in [0.5, 0.6) is 0 Å². The molecule has 1 saturated heterocycles. The first kappa shape index (κ1) is 30.6. The van der Waals surface area contributed by atoms with Crippen molar-refractivity contribution < 1.29 is 38.1 Å². The Labute approximate surface area is 253 Å². The molecule has 0 amide bonds. The molecule has 10 nitrogen and oxygen atoms in total. The molecule has 238 valence electrons. The summed E-state index contributed by atoms with van der Waals surface area (Å²) in [5.74, 6) is 0.135. The second kappa shape index (κ2) is 11.8. The molecule has 6 rings (SSSR count). The van der Waals surface area contributed by atoms with Crippen LogP contribution in [-0.2, 0) is 23.7 Å². The zero-order chi connectivity index (χ0) is 30.4. The Kier molecular flexibility index (Phi) is 8.41. The molecule has 0 bridgehead atoms.